The summed E-state index contributed by atoms with van der Waals surface area (Å²) in [6, 6.07) is 6.26. The Morgan fingerprint density at radius 1 is 1.33 bits per heavy atom. The zero-order chi connectivity index (χ0) is 10.8. The van der Waals surface area contributed by atoms with Crippen LogP contribution in [0.25, 0.3) is 0 Å². The van der Waals surface area contributed by atoms with Crippen molar-refractivity contribution in [1.82, 2.24) is 5.32 Å². The normalized spacial score (nSPS) is 25.0. The van der Waals surface area contributed by atoms with E-state index in [-0.39, 0.29) is 0 Å². The highest BCUT2D eigenvalue weighted by atomic mass is 35.5. The van der Waals surface area contributed by atoms with Gasteiger partial charge in [0.05, 0.1) is 0 Å². The lowest BCUT2D eigenvalue weighted by Gasteiger charge is -2.33. The number of hydrogen-bond acceptors (Lipinski definition) is 1. The molecule has 1 aliphatic rings. The van der Waals surface area contributed by atoms with E-state index in [4.69, 9.17) is 23.2 Å². The zero-order valence-electron chi connectivity index (χ0n) is 8.76. The minimum absolute atomic E-state index is 0.662. The Bertz CT molecular complexity index is 345. The summed E-state index contributed by atoms with van der Waals surface area (Å²) >= 11 is 12.0. The average Bonchev–Trinajstić information content (AvgIpc) is 2.16. The van der Waals surface area contributed by atoms with Crippen LogP contribution in [0.2, 0.25) is 10.0 Å². The maximum absolute atomic E-state index is 6.07. The predicted molar refractivity (Wildman–Crippen MR) is 65.5 cm³/mol. The molecule has 1 nitrogen and oxygen atoms in total. The van der Waals surface area contributed by atoms with E-state index in [1.807, 2.05) is 18.2 Å². The van der Waals surface area contributed by atoms with Crippen LogP contribution in [0, 0.1) is 5.92 Å². The summed E-state index contributed by atoms with van der Waals surface area (Å²) in [4.78, 5) is 0. The summed E-state index contributed by atoms with van der Waals surface area (Å²) in [7, 11) is 0. The molecule has 0 heterocycles. The SMILES string of the molecule is CC1CC(NCc2cc(Cl)ccc2Cl)C1. The Morgan fingerprint density at radius 2 is 2.07 bits per heavy atom. The van der Waals surface area contributed by atoms with Crippen molar-refractivity contribution in [3.63, 3.8) is 0 Å². The van der Waals surface area contributed by atoms with E-state index in [0.29, 0.717) is 6.04 Å². The summed E-state index contributed by atoms with van der Waals surface area (Å²) in [6.45, 7) is 3.10. The molecule has 1 aliphatic carbocycles. The number of hydrogen-bond donors (Lipinski definition) is 1. The molecule has 1 fully saturated rings. The Morgan fingerprint density at radius 3 is 2.73 bits per heavy atom. The molecule has 1 aromatic rings. The van der Waals surface area contributed by atoms with Crippen molar-refractivity contribution in [2.24, 2.45) is 5.92 Å². The quantitative estimate of drug-likeness (QED) is 0.850. The number of rotatable bonds is 3. The molecule has 0 amide bonds. The van der Waals surface area contributed by atoms with Crippen molar-refractivity contribution in [3.8, 4) is 0 Å². The third-order valence-corrected chi connectivity index (χ3v) is 3.57. The van der Waals surface area contributed by atoms with Gasteiger partial charge in [0.2, 0.25) is 0 Å². The first kappa shape index (κ1) is 11.3. The van der Waals surface area contributed by atoms with Gasteiger partial charge in [0.1, 0.15) is 0 Å². The van der Waals surface area contributed by atoms with Crippen molar-refractivity contribution in [3.05, 3.63) is 33.8 Å². The third kappa shape index (κ3) is 2.87. The molecule has 1 aromatic carbocycles. The highest BCUT2D eigenvalue weighted by Crippen LogP contribution is 2.27. The molecule has 1 N–H and O–H groups in total. The Kier molecular flexibility index (Phi) is 3.55. The molecule has 0 unspecified atom stereocenters. The van der Waals surface area contributed by atoms with Crippen molar-refractivity contribution >= 4 is 23.2 Å². The molecule has 3 heteroatoms. The molecule has 0 bridgehead atoms. The molecule has 2 rings (SSSR count). The van der Waals surface area contributed by atoms with Gasteiger partial charge in [-0.3, -0.25) is 0 Å². The van der Waals surface area contributed by atoms with Crippen LogP contribution < -0.4 is 5.32 Å². The predicted octanol–water partition coefficient (Wildman–Crippen LogP) is 3.88. The van der Waals surface area contributed by atoms with Gasteiger partial charge in [-0.25, -0.2) is 0 Å². The molecule has 0 aromatic heterocycles. The van der Waals surface area contributed by atoms with Gasteiger partial charge in [0.25, 0.3) is 0 Å². The Hall–Kier alpha value is -0.240. The molecule has 1 saturated carbocycles. The first-order chi connectivity index (χ1) is 7.15. The van der Waals surface area contributed by atoms with E-state index < -0.39 is 0 Å². The van der Waals surface area contributed by atoms with Crippen LogP contribution >= 0.6 is 23.2 Å². The van der Waals surface area contributed by atoms with Crippen LogP contribution in [0.1, 0.15) is 25.3 Å². The molecule has 0 atom stereocenters. The van der Waals surface area contributed by atoms with E-state index in [1.165, 1.54) is 12.8 Å². The smallest absolute Gasteiger partial charge is 0.0451 e. The van der Waals surface area contributed by atoms with Gasteiger partial charge < -0.3 is 5.32 Å². The van der Waals surface area contributed by atoms with Gasteiger partial charge in [0, 0.05) is 22.6 Å². The lowest BCUT2D eigenvalue weighted by Crippen LogP contribution is -2.39. The molecular formula is C12H15Cl2N. The Labute approximate surface area is 101 Å². The fraction of sp³-hybridized carbons (Fsp3) is 0.500. The first-order valence-corrected chi connectivity index (χ1v) is 6.08. The third-order valence-electron chi connectivity index (χ3n) is 2.96. The van der Waals surface area contributed by atoms with Crippen molar-refractivity contribution in [1.29, 1.82) is 0 Å². The largest absolute Gasteiger partial charge is 0.310 e. The van der Waals surface area contributed by atoms with E-state index in [1.54, 1.807) is 0 Å². The topological polar surface area (TPSA) is 12.0 Å². The standard InChI is InChI=1S/C12H15Cl2N/c1-8-4-11(5-8)15-7-9-6-10(13)2-3-12(9)14/h2-3,6,8,11,15H,4-5,7H2,1H3. The average molecular weight is 244 g/mol. The van der Waals surface area contributed by atoms with Crippen LogP contribution in [0.5, 0.6) is 0 Å². The molecule has 82 valence electrons. The molecule has 0 aliphatic heterocycles. The second-order valence-corrected chi connectivity index (χ2v) is 5.23. The van der Waals surface area contributed by atoms with E-state index in [0.717, 1.165) is 28.1 Å². The van der Waals surface area contributed by atoms with Crippen molar-refractivity contribution < 1.29 is 0 Å². The summed E-state index contributed by atoms with van der Waals surface area (Å²) in [6.07, 6.45) is 2.55. The van der Waals surface area contributed by atoms with Crippen molar-refractivity contribution in [2.75, 3.05) is 0 Å². The van der Waals surface area contributed by atoms with Gasteiger partial charge in [-0.2, -0.15) is 0 Å². The van der Waals surface area contributed by atoms with Crippen LogP contribution in [-0.4, -0.2) is 6.04 Å². The fourth-order valence-corrected chi connectivity index (χ4v) is 2.38. The van der Waals surface area contributed by atoms with Crippen LogP contribution in [0.4, 0.5) is 0 Å². The summed E-state index contributed by atoms with van der Waals surface area (Å²) in [5, 5.41) is 5.03. The van der Waals surface area contributed by atoms with Gasteiger partial charge >= 0.3 is 0 Å². The van der Waals surface area contributed by atoms with E-state index in [9.17, 15) is 0 Å². The fourth-order valence-electron chi connectivity index (χ4n) is 2.00. The first-order valence-electron chi connectivity index (χ1n) is 5.32. The maximum atomic E-state index is 6.07. The van der Waals surface area contributed by atoms with E-state index >= 15 is 0 Å². The minimum atomic E-state index is 0.662. The molecule has 0 spiro atoms. The molecule has 0 saturated heterocycles. The van der Waals surface area contributed by atoms with Gasteiger partial charge in [-0.1, -0.05) is 30.1 Å². The minimum Gasteiger partial charge on any atom is -0.310 e. The lowest BCUT2D eigenvalue weighted by atomic mass is 9.82. The summed E-state index contributed by atoms with van der Waals surface area (Å²) < 4.78 is 0. The second-order valence-electron chi connectivity index (χ2n) is 4.39. The van der Waals surface area contributed by atoms with Crippen LogP contribution in [0.3, 0.4) is 0 Å². The molecular weight excluding hydrogens is 229 g/mol. The number of nitrogens with one attached hydrogen (secondary N) is 1. The molecule has 0 radical (unpaired) electrons. The number of halogens is 2. The highest BCUT2D eigenvalue weighted by Gasteiger charge is 2.24. The maximum Gasteiger partial charge on any atom is 0.0451 e. The van der Waals surface area contributed by atoms with Crippen LogP contribution in [-0.2, 0) is 6.54 Å². The van der Waals surface area contributed by atoms with Crippen LogP contribution in [0.15, 0.2) is 18.2 Å². The summed E-state index contributed by atoms with van der Waals surface area (Å²) in [5.41, 5.74) is 1.09. The monoisotopic (exact) mass is 243 g/mol. The number of benzene rings is 1. The molecule has 15 heavy (non-hydrogen) atoms. The van der Waals surface area contributed by atoms with Gasteiger partial charge in [-0.15, -0.1) is 0 Å². The van der Waals surface area contributed by atoms with E-state index in [2.05, 4.69) is 12.2 Å². The van der Waals surface area contributed by atoms with Gasteiger partial charge in [-0.05, 0) is 42.5 Å². The second kappa shape index (κ2) is 4.73. The van der Waals surface area contributed by atoms with Gasteiger partial charge in [0.15, 0.2) is 0 Å². The zero-order valence-corrected chi connectivity index (χ0v) is 10.3. The summed E-state index contributed by atoms with van der Waals surface area (Å²) in [5.74, 6) is 0.873. The highest BCUT2D eigenvalue weighted by molar-refractivity contribution is 6.33. The Balaban J connectivity index is 1.90. The lowest BCUT2D eigenvalue weighted by molar-refractivity contribution is 0.240. The van der Waals surface area contributed by atoms with Crippen molar-refractivity contribution in [2.45, 2.75) is 32.4 Å².